The molecule has 3 heteroatoms. The first-order valence-electron chi connectivity index (χ1n) is 24.7. The fourth-order valence-electron chi connectivity index (χ4n) is 13.7. The van der Waals surface area contributed by atoms with Gasteiger partial charge in [0.1, 0.15) is 22.3 Å². The molecule has 0 fully saturated rings. The van der Waals surface area contributed by atoms with Gasteiger partial charge in [0.25, 0.3) is 0 Å². The molecule has 2 aromatic heterocycles. The third-order valence-corrected chi connectivity index (χ3v) is 17.5. The van der Waals surface area contributed by atoms with Crippen LogP contribution in [0.3, 0.4) is 0 Å². The van der Waals surface area contributed by atoms with Crippen LogP contribution in [0, 0.1) is 0 Å². The zero-order valence-corrected chi connectivity index (χ0v) is 40.4. The zero-order chi connectivity index (χ0) is 46.7. The molecule has 4 aliphatic carbocycles. The minimum absolute atomic E-state index is 0.174. The quantitative estimate of drug-likeness (QED) is 0.177. The lowest BCUT2D eigenvalue weighted by atomic mass is 9.79. The van der Waals surface area contributed by atoms with Crippen molar-refractivity contribution in [1.29, 1.82) is 0 Å². The van der Waals surface area contributed by atoms with Gasteiger partial charge in [0, 0.05) is 71.4 Å². The summed E-state index contributed by atoms with van der Waals surface area (Å²) in [5, 5.41) is 4.71. The Morgan fingerprint density at radius 1 is 0.290 bits per heavy atom. The van der Waals surface area contributed by atoms with E-state index < -0.39 is 0 Å². The van der Waals surface area contributed by atoms with Crippen LogP contribution in [0.4, 0.5) is 17.1 Å². The van der Waals surface area contributed by atoms with Gasteiger partial charge in [0.2, 0.25) is 0 Å². The maximum atomic E-state index is 6.72. The predicted octanol–water partition coefficient (Wildman–Crippen LogP) is 18.2. The van der Waals surface area contributed by atoms with Crippen molar-refractivity contribution in [3.8, 4) is 44.5 Å². The second-order valence-corrected chi connectivity index (χ2v) is 22.4. The molecule has 69 heavy (non-hydrogen) atoms. The van der Waals surface area contributed by atoms with E-state index in [-0.39, 0.29) is 21.7 Å². The SMILES string of the molecule is CC1(C)c2cc(N(c3ccccc3)c3ccc4c(c3)C(C)(C)c3cc5c(cc3-4)C(C)(C)c3ccc4c(oc6ccccc64)c3-5)ccc2-c2cc3c(cc21)-c1c(ccc2c1oc1ccccc12)C3(C)C. The van der Waals surface area contributed by atoms with Crippen molar-refractivity contribution in [2.45, 2.75) is 77.0 Å². The highest BCUT2D eigenvalue weighted by Crippen LogP contribution is 2.61. The number of para-hydroxylation sites is 3. The Kier molecular flexibility index (Phi) is 7.26. The van der Waals surface area contributed by atoms with Crippen molar-refractivity contribution >= 4 is 60.9 Å². The highest BCUT2D eigenvalue weighted by molar-refractivity contribution is 6.13. The molecule has 0 atom stereocenters. The van der Waals surface area contributed by atoms with Crippen LogP contribution in [0.15, 0.2) is 173 Å². The van der Waals surface area contributed by atoms with Gasteiger partial charge in [-0.25, -0.2) is 0 Å². The van der Waals surface area contributed by atoms with E-state index in [0.717, 1.165) is 39.4 Å². The number of furan rings is 2. The summed E-state index contributed by atoms with van der Waals surface area (Å²) < 4.78 is 13.4. The lowest BCUT2D eigenvalue weighted by Gasteiger charge is -2.29. The van der Waals surface area contributed by atoms with Gasteiger partial charge in [-0.2, -0.15) is 0 Å². The summed E-state index contributed by atoms with van der Waals surface area (Å²) in [5.74, 6) is 0. The fourth-order valence-corrected chi connectivity index (χ4v) is 13.7. The van der Waals surface area contributed by atoms with Crippen LogP contribution < -0.4 is 4.90 Å². The summed E-state index contributed by atoms with van der Waals surface area (Å²) in [6, 6.07) is 61.5. The molecule has 0 radical (unpaired) electrons. The van der Waals surface area contributed by atoms with Crippen LogP contribution in [0.1, 0.15) is 99.9 Å². The van der Waals surface area contributed by atoms with Crippen LogP contribution >= 0.6 is 0 Å². The Morgan fingerprint density at radius 2 is 0.667 bits per heavy atom. The molecule has 0 saturated heterocycles. The second-order valence-electron chi connectivity index (χ2n) is 22.4. The second kappa shape index (κ2) is 12.7. The molecular weight excluding hydrogens is 839 g/mol. The summed E-state index contributed by atoms with van der Waals surface area (Å²) in [5.41, 5.74) is 27.7. The molecule has 0 bridgehead atoms. The average molecular weight is 890 g/mol. The van der Waals surface area contributed by atoms with Gasteiger partial charge in [-0.3, -0.25) is 0 Å². The molecule has 15 rings (SSSR count). The first-order valence-corrected chi connectivity index (χ1v) is 24.7. The van der Waals surface area contributed by atoms with Crippen molar-refractivity contribution in [3.63, 3.8) is 0 Å². The predicted molar refractivity (Wildman–Crippen MR) is 286 cm³/mol. The van der Waals surface area contributed by atoms with E-state index in [1.807, 2.05) is 0 Å². The highest BCUT2D eigenvalue weighted by Gasteiger charge is 2.45. The van der Waals surface area contributed by atoms with E-state index in [9.17, 15) is 0 Å². The van der Waals surface area contributed by atoms with Gasteiger partial charge in [-0.15, -0.1) is 0 Å². The van der Waals surface area contributed by atoms with Gasteiger partial charge in [0.15, 0.2) is 0 Å². The van der Waals surface area contributed by atoms with Crippen molar-refractivity contribution in [3.05, 3.63) is 208 Å². The number of nitrogens with zero attached hydrogens (tertiary/aromatic N) is 1. The van der Waals surface area contributed by atoms with E-state index in [1.165, 1.54) is 111 Å². The van der Waals surface area contributed by atoms with Gasteiger partial charge in [-0.1, -0.05) is 146 Å². The molecule has 0 N–H and O–H groups in total. The Hall–Kier alpha value is -7.62. The number of fused-ring (bicyclic) bond motifs is 20. The molecule has 3 nitrogen and oxygen atoms in total. The normalized spacial score (nSPS) is 16.6. The summed E-state index contributed by atoms with van der Waals surface area (Å²) in [4.78, 5) is 2.47. The maximum Gasteiger partial charge on any atom is 0.143 e. The van der Waals surface area contributed by atoms with Crippen molar-refractivity contribution < 1.29 is 8.83 Å². The molecule has 0 saturated carbocycles. The molecule has 4 aliphatic rings. The first-order chi connectivity index (χ1) is 33.2. The Morgan fingerprint density at radius 3 is 1.13 bits per heavy atom. The smallest absolute Gasteiger partial charge is 0.143 e. The fraction of sp³-hybridized carbons (Fsp3) is 0.182. The minimum Gasteiger partial charge on any atom is -0.455 e. The van der Waals surface area contributed by atoms with Crippen molar-refractivity contribution in [1.82, 2.24) is 0 Å². The first kappa shape index (κ1) is 39.4. The Labute approximate surface area is 402 Å². The standard InChI is InChI=1S/C66H51NO2/c1-63(2)49-28-26-43-41-18-12-14-20-57(41)68-61(43)59(49)47-34-53-45(32-55(47)63)39-24-22-37(30-51(39)65(53,5)6)67(36-16-10-9-11-17-36)38-23-25-40-46-33-56-48(35-54(46)66(7,8)52(40)31-38)60-50(64(56,3)4)29-27-44-42-19-13-15-21-58(42)69-62(44)60/h9-35H,1-8H3. The lowest BCUT2D eigenvalue weighted by Crippen LogP contribution is -2.18. The molecular formula is C66H51NO2. The van der Waals surface area contributed by atoms with Crippen molar-refractivity contribution in [2.24, 2.45) is 0 Å². The van der Waals surface area contributed by atoms with Crippen LogP contribution in [0.25, 0.3) is 88.4 Å². The van der Waals surface area contributed by atoms with E-state index >= 15 is 0 Å². The zero-order valence-electron chi connectivity index (χ0n) is 40.4. The highest BCUT2D eigenvalue weighted by atomic mass is 16.3. The van der Waals surface area contributed by atoms with Gasteiger partial charge in [0.05, 0.1) is 0 Å². The third-order valence-electron chi connectivity index (χ3n) is 17.5. The molecule has 2 heterocycles. The molecule has 0 unspecified atom stereocenters. The lowest BCUT2D eigenvalue weighted by molar-refractivity contribution is 0.649. The number of hydrogen-bond acceptors (Lipinski definition) is 3. The number of hydrogen-bond donors (Lipinski definition) is 0. The molecule has 0 amide bonds. The van der Waals surface area contributed by atoms with E-state index in [4.69, 9.17) is 8.83 Å². The van der Waals surface area contributed by atoms with E-state index in [2.05, 4.69) is 224 Å². The number of rotatable bonds is 3. The summed E-state index contributed by atoms with van der Waals surface area (Å²) in [6.07, 6.45) is 0. The number of benzene rings is 9. The summed E-state index contributed by atoms with van der Waals surface area (Å²) in [6.45, 7) is 19.2. The molecule has 11 aromatic rings. The average Bonchev–Trinajstić information content (AvgIpc) is 4.13. The minimum atomic E-state index is -0.241. The van der Waals surface area contributed by atoms with Gasteiger partial charge >= 0.3 is 0 Å². The van der Waals surface area contributed by atoms with Crippen LogP contribution in [0.5, 0.6) is 0 Å². The van der Waals surface area contributed by atoms with Crippen LogP contribution in [-0.4, -0.2) is 0 Å². The topological polar surface area (TPSA) is 29.5 Å². The third kappa shape index (κ3) is 4.83. The Balaban J connectivity index is 0.853. The molecule has 332 valence electrons. The van der Waals surface area contributed by atoms with Gasteiger partial charge in [-0.05, 0) is 151 Å². The molecule has 0 aliphatic heterocycles. The van der Waals surface area contributed by atoms with Crippen molar-refractivity contribution in [2.75, 3.05) is 4.90 Å². The summed E-state index contributed by atoms with van der Waals surface area (Å²) in [7, 11) is 0. The largest absolute Gasteiger partial charge is 0.455 e. The maximum absolute atomic E-state index is 6.72. The van der Waals surface area contributed by atoms with E-state index in [1.54, 1.807) is 0 Å². The monoisotopic (exact) mass is 889 g/mol. The van der Waals surface area contributed by atoms with Crippen LogP contribution in [-0.2, 0) is 21.7 Å². The molecule has 9 aromatic carbocycles. The summed E-state index contributed by atoms with van der Waals surface area (Å²) >= 11 is 0. The molecule has 0 spiro atoms. The van der Waals surface area contributed by atoms with Crippen LogP contribution in [0.2, 0.25) is 0 Å². The number of anilines is 3. The Bertz CT molecular complexity index is 3880. The van der Waals surface area contributed by atoms with Gasteiger partial charge < -0.3 is 13.7 Å². The van der Waals surface area contributed by atoms with E-state index in [0.29, 0.717) is 0 Å².